The van der Waals surface area contributed by atoms with E-state index in [1.807, 2.05) is 4.90 Å². The number of aliphatic carboxylic acids is 1. The molecule has 2 heterocycles. The monoisotopic (exact) mass is 432 g/mol. The molecule has 0 aromatic heterocycles. The van der Waals surface area contributed by atoms with E-state index in [0.29, 0.717) is 18.3 Å². The van der Waals surface area contributed by atoms with E-state index in [9.17, 15) is 9.59 Å². The fourth-order valence-electron chi connectivity index (χ4n) is 5.79. The summed E-state index contributed by atoms with van der Waals surface area (Å²) >= 11 is 0. The number of carbonyl (C=O) groups excluding carboxylic acids is 1. The Bertz CT molecular complexity index is 986. The Hall–Kier alpha value is -2.66. The number of amides is 1. The van der Waals surface area contributed by atoms with Crippen LogP contribution < -0.4 is 10.2 Å². The minimum absolute atomic E-state index is 0.0210. The first kappa shape index (κ1) is 21.2. The third kappa shape index (κ3) is 4.31. The van der Waals surface area contributed by atoms with Crippen molar-refractivity contribution in [3.8, 4) is 11.1 Å². The number of nitrogens with zero attached hydrogens (tertiary/aromatic N) is 1. The van der Waals surface area contributed by atoms with Crippen LogP contribution in [0.15, 0.2) is 42.5 Å². The maximum Gasteiger partial charge on any atom is 0.303 e. The van der Waals surface area contributed by atoms with Crippen LogP contribution in [0.2, 0.25) is 0 Å². The highest BCUT2D eigenvalue weighted by Gasteiger charge is 2.31. The Morgan fingerprint density at radius 3 is 2.41 bits per heavy atom. The van der Waals surface area contributed by atoms with Crippen LogP contribution in [0, 0.1) is 5.92 Å². The maximum atomic E-state index is 12.9. The number of hydrogen-bond acceptors (Lipinski definition) is 3. The molecule has 5 rings (SSSR count). The Balaban J connectivity index is 1.25. The van der Waals surface area contributed by atoms with E-state index in [1.165, 1.54) is 22.3 Å². The van der Waals surface area contributed by atoms with Gasteiger partial charge in [0, 0.05) is 18.7 Å². The number of carboxylic acids is 1. The van der Waals surface area contributed by atoms with Gasteiger partial charge in [0.05, 0.1) is 6.04 Å². The molecule has 1 atom stereocenters. The van der Waals surface area contributed by atoms with Crippen molar-refractivity contribution in [2.45, 2.75) is 63.3 Å². The number of nitrogens with one attached hydrogen (secondary N) is 1. The largest absolute Gasteiger partial charge is 0.481 e. The molecule has 2 aromatic rings. The minimum atomic E-state index is -0.671. The summed E-state index contributed by atoms with van der Waals surface area (Å²) in [4.78, 5) is 25.8. The van der Waals surface area contributed by atoms with E-state index in [2.05, 4.69) is 47.8 Å². The third-order valence-corrected chi connectivity index (χ3v) is 7.62. The molecule has 1 saturated heterocycles. The lowest BCUT2D eigenvalue weighted by Gasteiger charge is -2.28. The maximum absolute atomic E-state index is 12.9. The van der Waals surface area contributed by atoms with Gasteiger partial charge < -0.3 is 15.3 Å². The highest BCUT2D eigenvalue weighted by atomic mass is 16.4. The van der Waals surface area contributed by atoms with Crippen molar-refractivity contribution in [2.24, 2.45) is 5.92 Å². The molecule has 1 aliphatic carbocycles. The van der Waals surface area contributed by atoms with Gasteiger partial charge in [-0.2, -0.15) is 0 Å². The molecule has 168 valence electrons. The van der Waals surface area contributed by atoms with E-state index in [-0.39, 0.29) is 11.9 Å². The van der Waals surface area contributed by atoms with Crippen molar-refractivity contribution in [1.82, 2.24) is 5.32 Å². The Labute approximate surface area is 189 Å². The second-order valence-electron chi connectivity index (χ2n) is 9.67. The predicted molar refractivity (Wildman–Crippen MR) is 126 cm³/mol. The van der Waals surface area contributed by atoms with Crippen LogP contribution in [0.25, 0.3) is 11.1 Å². The number of anilines is 1. The first-order valence-corrected chi connectivity index (χ1v) is 12.1. The van der Waals surface area contributed by atoms with Crippen LogP contribution in [-0.4, -0.2) is 36.1 Å². The second-order valence-corrected chi connectivity index (χ2v) is 9.67. The Morgan fingerprint density at radius 2 is 1.72 bits per heavy atom. The molecule has 5 heteroatoms. The van der Waals surface area contributed by atoms with Gasteiger partial charge in [-0.1, -0.05) is 30.3 Å². The van der Waals surface area contributed by atoms with Crippen molar-refractivity contribution in [2.75, 3.05) is 18.0 Å². The zero-order chi connectivity index (χ0) is 22.1. The first-order chi connectivity index (χ1) is 15.6. The van der Waals surface area contributed by atoms with Crippen molar-refractivity contribution in [3.63, 3.8) is 0 Å². The van der Waals surface area contributed by atoms with Crippen molar-refractivity contribution < 1.29 is 14.7 Å². The smallest absolute Gasteiger partial charge is 0.303 e. The average Bonchev–Trinajstić information content (AvgIpc) is 3.49. The van der Waals surface area contributed by atoms with Crippen LogP contribution in [-0.2, 0) is 16.0 Å². The predicted octanol–water partition coefficient (Wildman–Crippen LogP) is 4.74. The van der Waals surface area contributed by atoms with Crippen LogP contribution in [0.4, 0.5) is 5.69 Å². The third-order valence-electron chi connectivity index (χ3n) is 7.62. The average molecular weight is 433 g/mol. The first-order valence-electron chi connectivity index (χ1n) is 12.1. The normalized spacial score (nSPS) is 25.0. The summed E-state index contributed by atoms with van der Waals surface area (Å²) in [5, 5.41) is 12.3. The Morgan fingerprint density at radius 1 is 0.969 bits per heavy atom. The van der Waals surface area contributed by atoms with Gasteiger partial charge in [-0.05, 0) is 97.7 Å². The topological polar surface area (TPSA) is 69.6 Å². The zero-order valence-corrected chi connectivity index (χ0v) is 18.6. The molecule has 32 heavy (non-hydrogen) atoms. The molecule has 2 N–H and O–H groups in total. The summed E-state index contributed by atoms with van der Waals surface area (Å²) in [6, 6.07) is 15.4. The molecule has 0 bridgehead atoms. The van der Waals surface area contributed by atoms with Crippen LogP contribution in [0.3, 0.4) is 0 Å². The summed E-state index contributed by atoms with van der Waals surface area (Å²) in [7, 11) is 0. The van der Waals surface area contributed by atoms with E-state index in [4.69, 9.17) is 5.11 Å². The summed E-state index contributed by atoms with van der Waals surface area (Å²) in [6.45, 7) is 1.72. The zero-order valence-electron chi connectivity index (χ0n) is 18.6. The molecule has 2 aliphatic heterocycles. The van der Waals surface area contributed by atoms with Gasteiger partial charge in [-0.3, -0.25) is 9.59 Å². The minimum Gasteiger partial charge on any atom is -0.481 e. The number of rotatable bonds is 5. The molecule has 3 aliphatic rings. The lowest BCUT2D eigenvalue weighted by atomic mass is 9.77. The van der Waals surface area contributed by atoms with Gasteiger partial charge in [0.1, 0.15) is 0 Å². The van der Waals surface area contributed by atoms with Crippen LogP contribution in [0.1, 0.15) is 62.0 Å². The van der Waals surface area contributed by atoms with Crippen molar-refractivity contribution in [1.29, 1.82) is 0 Å². The summed E-state index contributed by atoms with van der Waals surface area (Å²) < 4.78 is 0. The number of hydrogen-bond donors (Lipinski definition) is 2. The molecule has 2 aromatic carbocycles. The number of benzene rings is 2. The van der Waals surface area contributed by atoms with Crippen LogP contribution >= 0.6 is 0 Å². The fourth-order valence-corrected chi connectivity index (χ4v) is 5.79. The quantitative estimate of drug-likeness (QED) is 0.716. The molecule has 0 spiro atoms. The van der Waals surface area contributed by atoms with E-state index in [1.54, 1.807) is 0 Å². The fraction of sp³-hybridized carbons (Fsp3) is 0.481. The van der Waals surface area contributed by atoms with Gasteiger partial charge >= 0.3 is 5.97 Å². The molecule has 2 fully saturated rings. The van der Waals surface area contributed by atoms with E-state index in [0.717, 1.165) is 63.7 Å². The lowest BCUT2D eigenvalue weighted by molar-refractivity contribution is -0.138. The van der Waals surface area contributed by atoms with Gasteiger partial charge in [-0.15, -0.1) is 0 Å². The van der Waals surface area contributed by atoms with Gasteiger partial charge in [-0.25, -0.2) is 0 Å². The number of fused-ring (bicyclic) bond motifs is 1. The number of carboxylic acid groups (broad SMARTS) is 1. The summed E-state index contributed by atoms with van der Waals surface area (Å²) in [6.07, 6.45) is 7.42. The van der Waals surface area contributed by atoms with Gasteiger partial charge in [0.2, 0.25) is 5.91 Å². The Kier molecular flexibility index (Phi) is 6.01. The van der Waals surface area contributed by atoms with E-state index >= 15 is 0 Å². The molecule has 0 unspecified atom stereocenters. The summed E-state index contributed by atoms with van der Waals surface area (Å²) in [5.41, 5.74) is 6.11. The SMILES string of the molecule is O=C(O)CC1CCC(c2ccc(-c3ccc4c(c3)CCN4C(=O)[C@@H]3CCCN3)cc2)CC1. The number of carbonyl (C=O) groups is 2. The molecule has 1 saturated carbocycles. The molecule has 5 nitrogen and oxygen atoms in total. The van der Waals surface area contributed by atoms with Crippen molar-refractivity contribution in [3.05, 3.63) is 53.6 Å². The second kappa shape index (κ2) is 9.07. The van der Waals surface area contributed by atoms with E-state index < -0.39 is 5.97 Å². The highest BCUT2D eigenvalue weighted by molar-refractivity contribution is 5.99. The van der Waals surface area contributed by atoms with Crippen molar-refractivity contribution >= 4 is 17.6 Å². The molecular formula is C27H32N2O3. The van der Waals surface area contributed by atoms with Gasteiger partial charge in [0.25, 0.3) is 0 Å². The van der Waals surface area contributed by atoms with Crippen LogP contribution in [0.5, 0.6) is 0 Å². The van der Waals surface area contributed by atoms with Gasteiger partial charge in [0.15, 0.2) is 0 Å². The highest BCUT2D eigenvalue weighted by Crippen LogP contribution is 2.38. The summed E-state index contributed by atoms with van der Waals surface area (Å²) in [5.74, 6) is 0.425. The molecule has 0 radical (unpaired) electrons. The standard InChI is InChI=1S/C27H32N2O3/c30-26(31)16-18-3-5-19(6-4-18)20-7-9-21(10-8-20)22-11-12-25-23(17-22)13-15-29(25)27(32)24-2-1-14-28-24/h7-12,17-19,24,28H,1-6,13-16H2,(H,30,31)/t18?,19?,24-/m0/s1. The molecular weight excluding hydrogens is 400 g/mol. The lowest BCUT2D eigenvalue weighted by Crippen LogP contribution is -2.42. The molecule has 1 amide bonds.